The molecule has 8 rings (SSSR count). The van der Waals surface area contributed by atoms with Crippen molar-refractivity contribution in [1.29, 1.82) is 0 Å². The zero-order valence-corrected chi connectivity index (χ0v) is 44.7. The van der Waals surface area contributed by atoms with Gasteiger partial charge in [-0.05, 0) is 207 Å². The maximum atomic E-state index is 14.8. The summed E-state index contributed by atoms with van der Waals surface area (Å²) < 4.78 is 42.8. The van der Waals surface area contributed by atoms with Gasteiger partial charge in [0.15, 0.2) is 0 Å². The van der Waals surface area contributed by atoms with Crippen LogP contribution in [0.5, 0.6) is 0 Å². The molecular formula is C54H94NaO6S+. The van der Waals surface area contributed by atoms with E-state index in [0.717, 1.165) is 74.0 Å². The van der Waals surface area contributed by atoms with Crippen LogP contribution in [-0.2, 0) is 18.8 Å². The van der Waals surface area contributed by atoms with Crippen molar-refractivity contribution in [1.82, 2.24) is 0 Å². The summed E-state index contributed by atoms with van der Waals surface area (Å²) in [5.74, 6) is 7.60. The SMILES string of the molecule is CC(C)CCC[C@@H](C)[C@H]1CC[C@H]2[C@@H]3CC(OS(=O)(=O)OC4C[C@H]5[C@@H]6CC[C@H]([C@H](C)CCCC(C)C)[C@@]6(C)CC[C@@H]5[C@@]5(C)CCC(O)CC45)C4CC(O)CC[C@]4(C)[C@H]3CC[C@]12C.[Na+]. The number of rotatable bonds is 14. The summed E-state index contributed by atoms with van der Waals surface area (Å²) in [7, 11) is -4.37. The van der Waals surface area contributed by atoms with Gasteiger partial charge in [0.2, 0.25) is 0 Å². The monoisotopic (exact) mass is 894 g/mol. The molecule has 8 fully saturated rings. The largest absolute Gasteiger partial charge is 1.00 e. The zero-order chi connectivity index (χ0) is 43.9. The molecule has 20 atom stereocenters. The van der Waals surface area contributed by atoms with Gasteiger partial charge >= 0.3 is 40.0 Å². The summed E-state index contributed by atoms with van der Waals surface area (Å²) >= 11 is 0. The molecule has 8 saturated carbocycles. The molecule has 8 aliphatic carbocycles. The average Bonchev–Trinajstić information content (AvgIpc) is 3.72. The number of hydrogen-bond acceptors (Lipinski definition) is 6. The van der Waals surface area contributed by atoms with Crippen molar-refractivity contribution in [2.45, 2.75) is 235 Å². The third-order valence-electron chi connectivity index (χ3n) is 22.1. The third kappa shape index (κ3) is 9.31. The van der Waals surface area contributed by atoms with E-state index in [9.17, 15) is 18.6 Å². The second-order valence-corrected chi connectivity index (χ2v) is 27.2. The topological polar surface area (TPSA) is 93.1 Å². The van der Waals surface area contributed by atoms with Gasteiger partial charge in [-0.2, -0.15) is 8.42 Å². The number of aliphatic hydroxyl groups excluding tert-OH is 2. The van der Waals surface area contributed by atoms with Crippen LogP contribution in [0.4, 0.5) is 0 Å². The van der Waals surface area contributed by atoms with Crippen molar-refractivity contribution in [2.24, 2.45) is 105 Å². The minimum atomic E-state index is -4.37. The fourth-order valence-electron chi connectivity index (χ4n) is 19.1. The first-order chi connectivity index (χ1) is 28.7. The second-order valence-electron chi connectivity index (χ2n) is 26.0. The zero-order valence-electron chi connectivity index (χ0n) is 41.9. The van der Waals surface area contributed by atoms with Crippen LogP contribution >= 0.6 is 0 Å². The van der Waals surface area contributed by atoms with Crippen LogP contribution < -0.4 is 29.6 Å². The Morgan fingerprint density at radius 3 is 1.21 bits per heavy atom. The molecule has 0 saturated heterocycles. The predicted octanol–water partition coefficient (Wildman–Crippen LogP) is 10.2. The third-order valence-corrected chi connectivity index (χ3v) is 23.1. The molecule has 6 nitrogen and oxygen atoms in total. The molecule has 62 heavy (non-hydrogen) atoms. The summed E-state index contributed by atoms with van der Waals surface area (Å²) in [6, 6.07) is 0. The molecule has 8 aliphatic rings. The van der Waals surface area contributed by atoms with E-state index in [2.05, 4.69) is 69.2 Å². The Morgan fingerprint density at radius 2 is 0.839 bits per heavy atom. The molecule has 0 bridgehead atoms. The van der Waals surface area contributed by atoms with Crippen molar-refractivity contribution in [3.8, 4) is 0 Å². The van der Waals surface area contributed by atoms with E-state index in [4.69, 9.17) is 8.37 Å². The smallest absolute Gasteiger partial charge is 0.393 e. The van der Waals surface area contributed by atoms with Gasteiger partial charge in [0, 0.05) is 0 Å². The number of aliphatic hydroxyl groups is 2. The van der Waals surface area contributed by atoms with Crippen molar-refractivity contribution >= 4 is 10.4 Å². The van der Waals surface area contributed by atoms with Crippen LogP contribution in [0.15, 0.2) is 0 Å². The van der Waals surface area contributed by atoms with Crippen molar-refractivity contribution in [3.05, 3.63) is 0 Å². The van der Waals surface area contributed by atoms with Crippen molar-refractivity contribution in [3.63, 3.8) is 0 Å². The molecule has 8 heteroatoms. The van der Waals surface area contributed by atoms with E-state index in [1.807, 2.05) is 0 Å². The molecule has 0 amide bonds. The van der Waals surface area contributed by atoms with Crippen LogP contribution in [-0.4, -0.2) is 43.0 Å². The summed E-state index contributed by atoms with van der Waals surface area (Å²) in [5.41, 5.74) is 0.485. The van der Waals surface area contributed by atoms with Crippen molar-refractivity contribution in [2.75, 3.05) is 0 Å². The first-order valence-electron chi connectivity index (χ1n) is 26.7. The predicted molar refractivity (Wildman–Crippen MR) is 248 cm³/mol. The number of fused-ring (bicyclic) bond motifs is 10. The molecule has 0 aromatic carbocycles. The maximum absolute atomic E-state index is 14.8. The van der Waals surface area contributed by atoms with Crippen molar-refractivity contribution < 1.29 is 56.6 Å². The van der Waals surface area contributed by atoms with Crippen LogP contribution in [0.2, 0.25) is 0 Å². The molecular weight excluding hydrogens is 800 g/mol. The molecule has 6 unspecified atom stereocenters. The quantitative estimate of drug-likeness (QED) is 0.169. The van der Waals surface area contributed by atoms with E-state index in [1.54, 1.807) is 0 Å². The van der Waals surface area contributed by atoms with Crippen LogP contribution in [0.1, 0.15) is 210 Å². The normalized spacial score (nSPS) is 48.5. The van der Waals surface area contributed by atoms with E-state index in [0.29, 0.717) is 59.2 Å². The standard InChI is InChI=1S/C54H94O6S.Na/c1-33(2)13-11-15-35(5)41-17-19-43-39-31-49(47-29-37(55)21-25-53(47,9)45(39)23-27-51(41,43)7)59-61(57,58)60-50-32-40-44-20-18-42(36(6)16-12-14-34(3)4)52(44,8)28-24-46(40)54(10)26-22-38(56)30-48(50)54;/h33-50,55-56H,11-32H2,1-10H3;/q;+1/t35-,36-,37?,38?,39+,40+,41-,42-,43+,44+,45+,46+,47?,48?,49?,50?,51-,52-,53-,54-;/m1./s1. The van der Waals surface area contributed by atoms with Gasteiger partial charge in [0.1, 0.15) is 0 Å². The van der Waals surface area contributed by atoms with Gasteiger partial charge in [-0.15, -0.1) is 0 Å². The molecule has 0 radical (unpaired) electrons. The molecule has 0 aromatic heterocycles. The van der Waals surface area contributed by atoms with Gasteiger partial charge in [-0.1, -0.05) is 108 Å². The van der Waals surface area contributed by atoms with Crippen LogP contribution in [0, 0.1) is 105 Å². The summed E-state index contributed by atoms with van der Waals surface area (Å²) in [6.07, 6.45) is 22.5. The van der Waals surface area contributed by atoms with Gasteiger partial charge in [0.05, 0.1) is 24.4 Å². The van der Waals surface area contributed by atoms with Gasteiger partial charge < -0.3 is 10.2 Å². The fraction of sp³-hybridized carbons (Fsp3) is 1.00. The summed E-state index contributed by atoms with van der Waals surface area (Å²) in [4.78, 5) is 0. The number of hydrogen-bond donors (Lipinski definition) is 2. The van der Waals surface area contributed by atoms with Crippen LogP contribution in [0.3, 0.4) is 0 Å². The Morgan fingerprint density at radius 1 is 0.484 bits per heavy atom. The minimum Gasteiger partial charge on any atom is -0.393 e. The Labute approximate surface area is 403 Å². The van der Waals surface area contributed by atoms with E-state index in [-0.39, 0.29) is 52.2 Å². The van der Waals surface area contributed by atoms with Crippen LogP contribution in [0.25, 0.3) is 0 Å². The first kappa shape index (κ1) is 50.7. The van der Waals surface area contributed by atoms with Gasteiger partial charge in [-0.3, -0.25) is 0 Å². The van der Waals surface area contributed by atoms with E-state index >= 15 is 0 Å². The molecule has 0 heterocycles. The Kier molecular flexibility index (Phi) is 15.8. The van der Waals surface area contributed by atoms with Gasteiger partial charge in [-0.25, -0.2) is 8.37 Å². The fourth-order valence-corrected chi connectivity index (χ4v) is 20.2. The average molecular weight is 894 g/mol. The van der Waals surface area contributed by atoms with Gasteiger partial charge in [0.25, 0.3) is 0 Å². The van der Waals surface area contributed by atoms with E-state index in [1.165, 1.54) is 89.9 Å². The first-order valence-corrected chi connectivity index (χ1v) is 28.0. The minimum absolute atomic E-state index is 0. The molecule has 2 N–H and O–H groups in total. The Bertz CT molecular complexity index is 1510. The van der Waals surface area contributed by atoms with E-state index < -0.39 is 34.8 Å². The maximum Gasteiger partial charge on any atom is 1.00 e. The second kappa shape index (κ2) is 19.3. The molecule has 0 spiro atoms. The summed E-state index contributed by atoms with van der Waals surface area (Å²) in [6.45, 7) is 24.6. The molecule has 0 aromatic rings. The molecule has 352 valence electrons. The Balaban J connectivity index is 0.00000578. The Hall–Kier alpha value is 0.790. The molecule has 0 aliphatic heterocycles. The summed E-state index contributed by atoms with van der Waals surface area (Å²) in [5, 5.41) is 22.3.